The van der Waals surface area contributed by atoms with E-state index in [1.54, 1.807) is 19.1 Å². The van der Waals surface area contributed by atoms with Crippen molar-refractivity contribution >= 4 is 11.8 Å². The number of aliphatic hydroxyl groups excluding tert-OH is 1. The van der Waals surface area contributed by atoms with E-state index in [0.717, 1.165) is 18.4 Å². The summed E-state index contributed by atoms with van der Waals surface area (Å²) >= 11 is 0. The number of azide groups is 1. The van der Waals surface area contributed by atoms with Crippen molar-refractivity contribution in [3.8, 4) is 0 Å². The van der Waals surface area contributed by atoms with Gasteiger partial charge in [-0.15, -0.1) is 0 Å². The SMILES string of the molecule is Cc1cn(C2CC(N=[N+]=[N-])C(COC(=O)C3(O)CCC4C5CCC6=CC(=O)C=CC6(C)C5C(O)CC43C)O2)c(=O)[nH]c1=O. The molecule has 13 nitrogen and oxygen atoms in total. The number of aryl methyl sites for hydroxylation is 1. The molecular formula is C30H37N5O8. The number of hydrogen-bond donors (Lipinski definition) is 3. The van der Waals surface area contributed by atoms with Crippen molar-refractivity contribution < 1.29 is 29.3 Å². The second-order valence-corrected chi connectivity index (χ2v) is 13.3. The molecule has 6 rings (SSSR count). The van der Waals surface area contributed by atoms with Crippen LogP contribution in [0.1, 0.15) is 64.2 Å². The molecule has 230 valence electrons. The van der Waals surface area contributed by atoms with Crippen molar-refractivity contribution in [2.45, 2.75) is 89.4 Å². The van der Waals surface area contributed by atoms with Crippen LogP contribution in [0, 0.1) is 35.5 Å². The van der Waals surface area contributed by atoms with Crippen molar-refractivity contribution in [2.24, 2.45) is 33.7 Å². The lowest BCUT2D eigenvalue weighted by molar-refractivity contribution is -0.200. The van der Waals surface area contributed by atoms with E-state index in [0.29, 0.717) is 12.0 Å². The highest BCUT2D eigenvalue weighted by atomic mass is 16.6. The molecule has 1 aromatic heterocycles. The monoisotopic (exact) mass is 595 g/mol. The number of fused-ring (bicyclic) bond motifs is 5. The third-order valence-electron chi connectivity index (χ3n) is 11.2. The van der Waals surface area contributed by atoms with E-state index in [1.165, 1.54) is 10.8 Å². The molecule has 0 spiro atoms. The van der Waals surface area contributed by atoms with Gasteiger partial charge in [-0.05, 0) is 68.5 Å². The Kier molecular flexibility index (Phi) is 7.08. The Morgan fingerprint density at radius 3 is 2.81 bits per heavy atom. The summed E-state index contributed by atoms with van der Waals surface area (Å²) in [6.07, 6.45) is 6.55. The van der Waals surface area contributed by atoms with Gasteiger partial charge in [0.05, 0.1) is 12.1 Å². The Balaban J connectivity index is 1.19. The Hall–Kier alpha value is -3.51. The summed E-state index contributed by atoms with van der Waals surface area (Å²) < 4.78 is 12.8. The van der Waals surface area contributed by atoms with Gasteiger partial charge >= 0.3 is 11.7 Å². The lowest BCUT2D eigenvalue weighted by atomic mass is 9.46. The van der Waals surface area contributed by atoms with Gasteiger partial charge in [0, 0.05) is 39.8 Å². The van der Waals surface area contributed by atoms with Crippen LogP contribution in [0.3, 0.4) is 0 Å². The number of H-pyrrole nitrogens is 1. The average molecular weight is 596 g/mol. The molecule has 10 atom stereocenters. The zero-order chi connectivity index (χ0) is 30.9. The zero-order valence-corrected chi connectivity index (χ0v) is 24.4. The topological polar surface area (TPSA) is 197 Å². The van der Waals surface area contributed by atoms with Gasteiger partial charge in [0.2, 0.25) is 0 Å². The minimum atomic E-state index is -1.85. The minimum Gasteiger partial charge on any atom is -0.461 e. The summed E-state index contributed by atoms with van der Waals surface area (Å²) in [5.41, 5.74) is 5.98. The maximum atomic E-state index is 13.7. The van der Waals surface area contributed by atoms with Crippen molar-refractivity contribution in [1.82, 2.24) is 9.55 Å². The first-order valence-electron chi connectivity index (χ1n) is 14.9. The largest absolute Gasteiger partial charge is 0.461 e. The van der Waals surface area contributed by atoms with E-state index in [9.17, 15) is 29.4 Å². The van der Waals surface area contributed by atoms with Gasteiger partial charge in [-0.2, -0.15) is 0 Å². The Labute approximate surface area is 247 Å². The van der Waals surface area contributed by atoms with Crippen LogP contribution in [-0.4, -0.2) is 62.0 Å². The number of carbonyl (C=O) groups excluding carboxylic acids is 2. The van der Waals surface area contributed by atoms with Crippen LogP contribution in [0.4, 0.5) is 0 Å². The van der Waals surface area contributed by atoms with E-state index in [1.807, 2.05) is 13.0 Å². The number of ether oxygens (including phenoxy) is 2. The smallest absolute Gasteiger partial charge is 0.338 e. The summed E-state index contributed by atoms with van der Waals surface area (Å²) in [5, 5.41) is 27.3. The number of hydrogen-bond acceptors (Lipinski definition) is 9. The Morgan fingerprint density at radius 1 is 1.30 bits per heavy atom. The maximum Gasteiger partial charge on any atom is 0.338 e. The number of aliphatic hydroxyl groups is 2. The number of nitrogens with zero attached hydrogens (tertiary/aromatic N) is 4. The standard InChI is InChI=1S/C30H37N5O8/c1-15-13-35(27(40)32-25(15)38)23-11-20(33-34-31)22(43-23)14-42-26(39)30(41)9-7-19-18-5-4-16-10-17(36)6-8-28(16,2)24(18)21(37)12-29(19,30)3/h6,8,10,13,18-24,37,41H,4-5,7,9,11-12,14H2,1-3H3,(H,32,38,40). The van der Waals surface area contributed by atoms with Crippen LogP contribution in [-0.2, 0) is 19.1 Å². The van der Waals surface area contributed by atoms with E-state index in [2.05, 4.69) is 21.9 Å². The fraction of sp³-hybridized carbons (Fsp3) is 0.667. The molecule has 1 saturated heterocycles. The second-order valence-electron chi connectivity index (χ2n) is 13.3. The molecule has 5 aliphatic rings. The summed E-state index contributed by atoms with van der Waals surface area (Å²) in [4.78, 5) is 55.0. The first-order valence-corrected chi connectivity index (χ1v) is 14.9. The highest BCUT2D eigenvalue weighted by molar-refractivity contribution is 6.01. The summed E-state index contributed by atoms with van der Waals surface area (Å²) in [7, 11) is 0. The lowest BCUT2D eigenvalue weighted by Crippen LogP contribution is -2.61. The minimum absolute atomic E-state index is 0.0405. The van der Waals surface area contributed by atoms with E-state index < -0.39 is 58.1 Å². The second kappa shape index (κ2) is 10.3. The van der Waals surface area contributed by atoms with Gasteiger partial charge in [-0.3, -0.25) is 19.1 Å². The van der Waals surface area contributed by atoms with Crippen molar-refractivity contribution in [3.63, 3.8) is 0 Å². The van der Waals surface area contributed by atoms with Gasteiger partial charge in [0.15, 0.2) is 11.4 Å². The summed E-state index contributed by atoms with van der Waals surface area (Å²) in [5.74, 6) is -0.997. The number of esters is 1. The normalized spacial score (nSPS) is 41.5. The van der Waals surface area contributed by atoms with Gasteiger partial charge in [0.25, 0.3) is 5.56 Å². The quantitative estimate of drug-likeness (QED) is 0.199. The first-order chi connectivity index (χ1) is 20.3. The molecule has 13 heteroatoms. The van der Waals surface area contributed by atoms with Gasteiger partial charge in [0.1, 0.15) is 18.9 Å². The van der Waals surface area contributed by atoms with E-state index >= 15 is 0 Å². The fourth-order valence-electron chi connectivity index (χ4n) is 8.97. The van der Waals surface area contributed by atoms with E-state index in [4.69, 9.17) is 15.0 Å². The molecule has 3 N–H and O–H groups in total. The summed E-state index contributed by atoms with van der Waals surface area (Å²) in [6.45, 7) is 5.15. The number of allylic oxidation sites excluding steroid dienone is 4. The highest BCUT2D eigenvalue weighted by Gasteiger charge is 2.69. The predicted octanol–water partition coefficient (Wildman–Crippen LogP) is 2.36. The van der Waals surface area contributed by atoms with Gasteiger partial charge < -0.3 is 19.7 Å². The van der Waals surface area contributed by atoms with Crippen LogP contribution in [0.5, 0.6) is 0 Å². The Bertz CT molecular complexity index is 1590. The summed E-state index contributed by atoms with van der Waals surface area (Å²) in [6, 6.07) is -0.763. The van der Waals surface area contributed by atoms with Crippen molar-refractivity contribution in [3.05, 3.63) is 66.8 Å². The van der Waals surface area contributed by atoms with Crippen molar-refractivity contribution in [1.29, 1.82) is 0 Å². The predicted molar refractivity (Wildman–Crippen MR) is 151 cm³/mol. The molecule has 4 aliphatic carbocycles. The van der Waals surface area contributed by atoms with Crippen LogP contribution < -0.4 is 11.2 Å². The lowest BCUT2D eigenvalue weighted by Gasteiger charge is -2.59. The molecule has 0 bridgehead atoms. The van der Waals surface area contributed by atoms with Crippen LogP contribution >= 0.6 is 0 Å². The number of aromatic nitrogens is 2. The Morgan fingerprint density at radius 2 is 2.07 bits per heavy atom. The molecule has 2 heterocycles. The highest BCUT2D eigenvalue weighted by Crippen LogP contribution is 2.67. The molecule has 0 aromatic carbocycles. The third-order valence-corrected chi connectivity index (χ3v) is 11.2. The van der Waals surface area contributed by atoms with Crippen LogP contribution in [0.2, 0.25) is 0 Å². The number of rotatable bonds is 5. The molecule has 0 radical (unpaired) electrons. The number of carbonyl (C=O) groups is 2. The average Bonchev–Trinajstić information content (AvgIpc) is 3.47. The molecule has 3 saturated carbocycles. The van der Waals surface area contributed by atoms with Crippen molar-refractivity contribution in [2.75, 3.05) is 6.61 Å². The maximum absolute atomic E-state index is 13.7. The number of ketones is 1. The molecule has 10 unspecified atom stereocenters. The number of aromatic amines is 1. The molecule has 43 heavy (non-hydrogen) atoms. The molecular weight excluding hydrogens is 558 g/mol. The molecule has 1 aliphatic heterocycles. The van der Waals surface area contributed by atoms with Gasteiger partial charge in [-0.1, -0.05) is 30.6 Å². The van der Waals surface area contributed by atoms with Gasteiger partial charge in [-0.25, -0.2) is 9.59 Å². The van der Waals surface area contributed by atoms with E-state index in [-0.39, 0.29) is 49.4 Å². The molecule has 1 aromatic rings. The van der Waals surface area contributed by atoms with Crippen LogP contribution in [0.15, 0.2) is 44.7 Å². The van der Waals surface area contributed by atoms with Crippen LogP contribution in [0.25, 0.3) is 10.4 Å². The molecule has 0 amide bonds. The number of nitrogens with one attached hydrogen (secondary N) is 1. The molecule has 4 fully saturated rings. The zero-order valence-electron chi connectivity index (χ0n) is 24.4. The fourth-order valence-corrected chi connectivity index (χ4v) is 8.97. The first kappa shape index (κ1) is 29.6. The third kappa shape index (κ3) is 4.44.